The van der Waals surface area contributed by atoms with Gasteiger partial charge in [0.1, 0.15) is 0 Å². The second-order valence-corrected chi connectivity index (χ2v) is 8.03. The lowest BCUT2D eigenvalue weighted by atomic mass is 9.53. The quantitative estimate of drug-likeness (QED) is 0.893. The molecule has 0 aromatic heterocycles. The molecule has 5 aliphatic rings. The third-order valence-electron chi connectivity index (χ3n) is 6.37. The van der Waals surface area contributed by atoms with E-state index in [0.29, 0.717) is 5.54 Å². The van der Waals surface area contributed by atoms with Crippen LogP contribution in [0.25, 0.3) is 0 Å². The van der Waals surface area contributed by atoms with Gasteiger partial charge in [0.15, 0.2) is 0 Å². The Hall–Kier alpha value is -1.15. The molecule has 2 nitrogen and oxygen atoms in total. The predicted molar refractivity (Wildman–Crippen MR) is 86.1 cm³/mol. The van der Waals surface area contributed by atoms with Gasteiger partial charge in [0.05, 0.1) is 5.69 Å². The van der Waals surface area contributed by atoms with Gasteiger partial charge in [-0.3, -0.25) is 4.99 Å². The normalized spacial score (nSPS) is 39.4. The van der Waals surface area contributed by atoms with E-state index in [4.69, 9.17) is 4.99 Å². The Kier molecular flexibility index (Phi) is 2.61. The summed E-state index contributed by atoms with van der Waals surface area (Å²) >= 11 is 0. The Morgan fingerprint density at radius 3 is 2.33 bits per heavy atom. The third-order valence-corrected chi connectivity index (χ3v) is 6.37. The number of rotatable bonds is 3. The molecule has 21 heavy (non-hydrogen) atoms. The molecule has 4 fully saturated rings. The fraction of sp³-hybridized carbons (Fsp3) is 0.632. The van der Waals surface area contributed by atoms with Gasteiger partial charge >= 0.3 is 0 Å². The van der Waals surface area contributed by atoms with Crippen LogP contribution in [0.4, 0.5) is 5.69 Å². The minimum absolute atomic E-state index is 0.464. The van der Waals surface area contributed by atoms with Gasteiger partial charge in [-0.05, 0) is 67.9 Å². The fourth-order valence-corrected chi connectivity index (χ4v) is 5.92. The maximum atomic E-state index is 4.82. The van der Waals surface area contributed by atoms with Gasteiger partial charge in [-0.1, -0.05) is 18.2 Å². The summed E-state index contributed by atoms with van der Waals surface area (Å²) < 4.78 is 0. The first-order chi connectivity index (χ1) is 10.3. The number of nitrogens with zero attached hydrogens (tertiary/aromatic N) is 1. The second-order valence-electron chi connectivity index (χ2n) is 8.03. The molecule has 1 aliphatic heterocycles. The van der Waals surface area contributed by atoms with Crippen LogP contribution in [0, 0.1) is 17.8 Å². The Morgan fingerprint density at radius 2 is 1.67 bits per heavy atom. The first kappa shape index (κ1) is 12.4. The molecule has 1 aromatic rings. The molecule has 0 amide bonds. The largest absolute Gasteiger partial charge is 0.306 e. The van der Waals surface area contributed by atoms with E-state index in [1.807, 2.05) is 0 Å². The lowest BCUT2D eigenvalue weighted by Gasteiger charge is -2.57. The van der Waals surface area contributed by atoms with Crippen molar-refractivity contribution in [1.82, 2.24) is 5.32 Å². The maximum Gasteiger partial charge on any atom is 0.0665 e. The van der Waals surface area contributed by atoms with E-state index in [0.717, 1.165) is 30.7 Å². The topological polar surface area (TPSA) is 24.4 Å². The zero-order valence-corrected chi connectivity index (χ0v) is 12.6. The van der Waals surface area contributed by atoms with Crippen LogP contribution < -0.4 is 5.32 Å². The lowest BCUT2D eigenvalue weighted by Crippen LogP contribution is -2.59. The Bertz CT molecular complexity index is 566. The molecular formula is C19H24N2. The summed E-state index contributed by atoms with van der Waals surface area (Å²) in [5.41, 5.74) is 4.40. The number of hydrogen-bond acceptors (Lipinski definition) is 2. The zero-order valence-electron chi connectivity index (χ0n) is 12.6. The van der Waals surface area contributed by atoms with Gasteiger partial charge in [-0.25, -0.2) is 0 Å². The number of hydrogen-bond donors (Lipinski definition) is 1. The summed E-state index contributed by atoms with van der Waals surface area (Å²) in [7, 11) is 0. The van der Waals surface area contributed by atoms with E-state index in [9.17, 15) is 0 Å². The van der Waals surface area contributed by atoms with Gasteiger partial charge in [-0.15, -0.1) is 0 Å². The Labute approximate surface area is 127 Å². The molecule has 0 unspecified atom stereocenters. The van der Waals surface area contributed by atoms with Crippen LogP contribution in [-0.2, 0) is 6.42 Å². The SMILES string of the molecule is c1ccc2c(c1)CC(CNC13CC4CC(CC(C4)C1)C3)=N2. The number of benzene rings is 1. The summed E-state index contributed by atoms with van der Waals surface area (Å²) in [6.07, 6.45) is 9.90. The minimum atomic E-state index is 0.464. The summed E-state index contributed by atoms with van der Waals surface area (Å²) in [6, 6.07) is 8.59. The molecule has 0 radical (unpaired) electrons. The predicted octanol–water partition coefficient (Wildman–Crippen LogP) is 3.87. The number of fused-ring (bicyclic) bond motifs is 1. The summed E-state index contributed by atoms with van der Waals surface area (Å²) in [5, 5.41) is 3.97. The molecule has 110 valence electrons. The monoisotopic (exact) mass is 280 g/mol. The van der Waals surface area contributed by atoms with Crippen molar-refractivity contribution in [2.24, 2.45) is 22.7 Å². The number of para-hydroxylation sites is 1. The average Bonchev–Trinajstić information content (AvgIpc) is 2.87. The van der Waals surface area contributed by atoms with E-state index in [1.165, 1.54) is 55.5 Å². The van der Waals surface area contributed by atoms with E-state index < -0.39 is 0 Å². The standard InChI is InChI=1S/C19H24N2/c1-2-4-18-16(3-1)8-17(21-18)12-20-19-9-13-5-14(10-19)7-15(6-13)11-19/h1-4,13-15,20H,5-12H2. The van der Waals surface area contributed by atoms with Gasteiger partial charge in [0, 0.05) is 24.2 Å². The van der Waals surface area contributed by atoms with Crippen molar-refractivity contribution in [3.8, 4) is 0 Å². The van der Waals surface area contributed by atoms with E-state index in [2.05, 4.69) is 29.6 Å². The number of aliphatic imine (C=N–C) groups is 1. The smallest absolute Gasteiger partial charge is 0.0665 e. The highest BCUT2D eigenvalue weighted by molar-refractivity contribution is 5.95. The van der Waals surface area contributed by atoms with Crippen molar-refractivity contribution in [2.75, 3.05) is 6.54 Å². The van der Waals surface area contributed by atoms with Gasteiger partial charge < -0.3 is 5.32 Å². The molecule has 1 heterocycles. The van der Waals surface area contributed by atoms with E-state index in [-0.39, 0.29) is 0 Å². The molecule has 1 N–H and O–H groups in total. The van der Waals surface area contributed by atoms with E-state index in [1.54, 1.807) is 0 Å². The van der Waals surface area contributed by atoms with Crippen molar-refractivity contribution in [2.45, 2.75) is 50.5 Å². The van der Waals surface area contributed by atoms with Gasteiger partial charge in [-0.2, -0.15) is 0 Å². The van der Waals surface area contributed by atoms with E-state index >= 15 is 0 Å². The molecule has 2 heteroatoms. The second kappa shape index (κ2) is 4.42. The highest BCUT2D eigenvalue weighted by Gasteiger charge is 2.50. The fourth-order valence-electron chi connectivity index (χ4n) is 5.92. The van der Waals surface area contributed by atoms with Crippen LogP contribution in [0.5, 0.6) is 0 Å². The van der Waals surface area contributed by atoms with Crippen LogP contribution in [0.3, 0.4) is 0 Å². The Morgan fingerprint density at radius 1 is 1.00 bits per heavy atom. The highest BCUT2D eigenvalue weighted by atomic mass is 15.0. The van der Waals surface area contributed by atoms with Gasteiger partial charge in [0.25, 0.3) is 0 Å². The van der Waals surface area contributed by atoms with Crippen LogP contribution >= 0.6 is 0 Å². The molecule has 0 saturated heterocycles. The van der Waals surface area contributed by atoms with Crippen molar-refractivity contribution in [1.29, 1.82) is 0 Å². The molecule has 4 saturated carbocycles. The van der Waals surface area contributed by atoms with Crippen molar-refractivity contribution in [3.63, 3.8) is 0 Å². The highest BCUT2D eigenvalue weighted by Crippen LogP contribution is 2.55. The van der Waals surface area contributed by atoms with Crippen LogP contribution in [-0.4, -0.2) is 17.8 Å². The molecule has 1 aromatic carbocycles. The lowest BCUT2D eigenvalue weighted by molar-refractivity contribution is -0.0173. The summed E-state index contributed by atoms with van der Waals surface area (Å²) in [5.74, 6) is 3.06. The maximum absolute atomic E-state index is 4.82. The van der Waals surface area contributed by atoms with Gasteiger partial charge in [0.2, 0.25) is 0 Å². The van der Waals surface area contributed by atoms with Crippen molar-refractivity contribution < 1.29 is 0 Å². The molecule has 0 atom stereocenters. The average molecular weight is 280 g/mol. The van der Waals surface area contributed by atoms with Crippen molar-refractivity contribution >= 4 is 11.4 Å². The summed E-state index contributed by atoms with van der Waals surface area (Å²) in [6.45, 7) is 1.00. The molecular weight excluding hydrogens is 256 g/mol. The molecule has 0 spiro atoms. The number of nitrogens with one attached hydrogen (secondary N) is 1. The summed E-state index contributed by atoms with van der Waals surface area (Å²) in [4.78, 5) is 4.82. The van der Waals surface area contributed by atoms with Crippen LogP contribution in [0.1, 0.15) is 44.1 Å². The third kappa shape index (κ3) is 2.07. The first-order valence-corrected chi connectivity index (χ1v) is 8.67. The minimum Gasteiger partial charge on any atom is -0.306 e. The first-order valence-electron chi connectivity index (χ1n) is 8.67. The Balaban J connectivity index is 1.30. The van der Waals surface area contributed by atoms with Crippen LogP contribution in [0.2, 0.25) is 0 Å². The van der Waals surface area contributed by atoms with Crippen molar-refractivity contribution in [3.05, 3.63) is 29.8 Å². The zero-order chi connectivity index (χ0) is 13.9. The molecule has 4 aliphatic carbocycles. The van der Waals surface area contributed by atoms with Crippen LogP contribution in [0.15, 0.2) is 29.3 Å². The molecule has 6 rings (SSSR count). The molecule has 4 bridgehead atoms.